The van der Waals surface area contributed by atoms with E-state index in [1.165, 1.54) is 36.5 Å². The molecule has 0 saturated heterocycles. The monoisotopic (exact) mass is 272 g/mol. The number of benzene rings is 2. The lowest BCUT2D eigenvalue weighted by atomic mass is 10.0. The van der Waals surface area contributed by atoms with E-state index in [2.05, 4.69) is 4.98 Å². The van der Waals surface area contributed by atoms with Crippen LogP contribution >= 0.6 is 0 Å². The van der Waals surface area contributed by atoms with Crippen molar-refractivity contribution in [3.63, 3.8) is 0 Å². The summed E-state index contributed by atoms with van der Waals surface area (Å²) in [4.78, 5) is 15.1. The molecule has 0 atom stereocenters. The summed E-state index contributed by atoms with van der Waals surface area (Å²) in [5.41, 5.74) is 6.42. The first kappa shape index (κ1) is 12.3. The lowest BCUT2D eigenvalue weighted by Gasteiger charge is -2.02. The fourth-order valence-electron chi connectivity index (χ4n) is 2.15. The predicted octanol–water partition coefficient (Wildman–Crippen LogP) is 3.26. The van der Waals surface area contributed by atoms with Gasteiger partial charge in [0.15, 0.2) is 5.78 Å². The quantitative estimate of drug-likeness (QED) is 0.555. The average Bonchev–Trinajstić information content (AvgIpc) is 2.80. The van der Waals surface area contributed by atoms with Crippen LogP contribution < -0.4 is 5.73 Å². The molecule has 0 radical (unpaired) electrons. The standard InChI is InChI=1S/C15H10F2N2O/c16-8-1-3-10-12(7-19-14(10)5-8)15(20)11-4-2-9(18)6-13(11)17/h1-7,19H,18H2. The molecular weight excluding hydrogens is 262 g/mol. The Balaban J connectivity index is 2.13. The Kier molecular flexibility index (Phi) is 2.75. The number of rotatable bonds is 2. The number of hydrogen-bond donors (Lipinski definition) is 2. The molecule has 3 N–H and O–H groups in total. The minimum absolute atomic E-state index is 0.0653. The van der Waals surface area contributed by atoms with Crippen LogP contribution in [0.4, 0.5) is 14.5 Å². The zero-order chi connectivity index (χ0) is 14.3. The SMILES string of the molecule is Nc1ccc(C(=O)c2c[nH]c3cc(F)ccc23)c(F)c1. The predicted molar refractivity (Wildman–Crippen MR) is 72.5 cm³/mol. The summed E-state index contributed by atoms with van der Waals surface area (Å²) in [6.07, 6.45) is 1.45. The Bertz CT molecular complexity index is 824. The number of nitrogen functional groups attached to an aromatic ring is 1. The molecule has 1 heterocycles. The molecule has 0 fully saturated rings. The molecular formula is C15H10F2N2O. The number of ketones is 1. The van der Waals surface area contributed by atoms with Crippen LogP contribution in [0.15, 0.2) is 42.6 Å². The Morgan fingerprint density at radius 3 is 2.60 bits per heavy atom. The van der Waals surface area contributed by atoms with Crippen LogP contribution in [0.3, 0.4) is 0 Å². The van der Waals surface area contributed by atoms with Gasteiger partial charge in [-0.3, -0.25) is 4.79 Å². The van der Waals surface area contributed by atoms with Gasteiger partial charge in [0, 0.05) is 28.4 Å². The molecule has 0 unspecified atom stereocenters. The van der Waals surface area contributed by atoms with Crippen molar-refractivity contribution in [3.05, 3.63) is 65.4 Å². The third kappa shape index (κ3) is 1.93. The molecule has 100 valence electrons. The number of nitrogens with two attached hydrogens (primary N) is 1. The highest BCUT2D eigenvalue weighted by atomic mass is 19.1. The summed E-state index contributed by atoms with van der Waals surface area (Å²) in [6.45, 7) is 0. The molecule has 20 heavy (non-hydrogen) atoms. The van der Waals surface area contributed by atoms with Crippen molar-refractivity contribution in [2.45, 2.75) is 0 Å². The smallest absolute Gasteiger partial charge is 0.198 e. The molecule has 0 aliphatic carbocycles. The highest BCUT2D eigenvalue weighted by Gasteiger charge is 2.18. The number of anilines is 1. The summed E-state index contributed by atoms with van der Waals surface area (Å²) in [5.74, 6) is -1.55. The van der Waals surface area contributed by atoms with Crippen LogP contribution in [0.2, 0.25) is 0 Å². The minimum atomic E-state index is -0.675. The molecule has 3 nitrogen and oxygen atoms in total. The maximum absolute atomic E-state index is 13.8. The van der Waals surface area contributed by atoms with Gasteiger partial charge >= 0.3 is 0 Å². The third-order valence-electron chi connectivity index (χ3n) is 3.13. The van der Waals surface area contributed by atoms with Crippen molar-refractivity contribution in [1.29, 1.82) is 0 Å². The molecule has 3 rings (SSSR count). The van der Waals surface area contributed by atoms with Crippen LogP contribution in [0.25, 0.3) is 10.9 Å². The largest absolute Gasteiger partial charge is 0.399 e. The summed E-state index contributed by atoms with van der Waals surface area (Å²) in [6, 6.07) is 7.93. The number of aromatic nitrogens is 1. The van der Waals surface area contributed by atoms with E-state index in [1.807, 2.05) is 0 Å². The number of carbonyl (C=O) groups is 1. The summed E-state index contributed by atoms with van der Waals surface area (Å²) in [7, 11) is 0. The number of H-pyrrole nitrogens is 1. The van der Waals surface area contributed by atoms with E-state index in [0.717, 1.165) is 6.07 Å². The fourth-order valence-corrected chi connectivity index (χ4v) is 2.15. The first-order valence-electron chi connectivity index (χ1n) is 5.92. The molecule has 0 spiro atoms. The van der Waals surface area contributed by atoms with Crippen molar-refractivity contribution in [2.24, 2.45) is 0 Å². The molecule has 0 amide bonds. The van der Waals surface area contributed by atoms with Gasteiger partial charge in [0.1, 0.15) is 11.6 Å². The number of halogens is 2. The van der Waals surface area contributed by atoms with Gasteiger partial charge in [0.05, 0.1) is 5.56 Å². The van der Waals surface area contributed by atoms with Crippen molar-refractivity contribution in [2.75, 3.05) is 5.73 Å². The summed E-state index contributed by atoms with van der Waals surface area (Å²) in [5, 5.41) is 0.549. The maximum atomic E-state index is 13.8. The molecule has 5 heteroatoms. The number of nitrogens with one attached hydrogen (secondary N) is 1. The molecule has 0 saturated carbocycles. The van der Waals surface area contributed by atoms with Gasteiger partial charge in [-0.1, -0.05) is 0 Å². The van der Waals surface area contributed by atoms with Gasteiger partial charge < -0.3 is 10.7 Å². The van der Waals surface area contributed by atoms with E-state index in [-0.39, 0.29) is 11.3 Å². The molecule has 0 bridgehead atoms. The number of carbonyl (C=O) groups excluding carboxylic acids is 1. The molecule has 0 aliphatic heterocycles. The zero-order valence-corrected chi connectivity index (χ0v) is 10.3. The summed E-state index contributed by atoms with van der Waals surface area (Å²) >= 11 is 0. The highest BCUT2D eigenvalue weighted by molar-refractivity contribution is 6.16. The minimum Gasteiger partial charge on any atom is -0.399 e. The Morgan fingerprint density at radius 2 is 1.85 bits per heavy atom. The lowest BCUT2D eigenvalue weighted by Crippen LogP contribution is -2.04. The van der Waals surface area contributed by atoms with Gasteiger partial charge in [-0.05, 0) is 36.4 Å². The van der Waals surface area contributed by atoms with Crippen molar-refractivity contribution in [1.82, 2.24) is 4.98 Å². The van der Waals surface area contributed by atoms with Gasteiger partial charge in [-0.15, -0.1) is 0 Å². The average molecular weight is 272 g/mol. The maximum Gasteiger partial charge on any atom is 0.198 e. The van der Waals surface area contributed by atoms with Crippen LogP contribution in [0.1, 0.15) is 15.9 Å². The fraction of sp³-hybridized carbons (Fsp3) is 0. The lowest BCUT2D eigenvalue weighted by molar-refractivity contribution is 0.103. The van der Waals surface area contributed by atoms with Crippen molar-refractivity contribution < 1.29 is 13.6 Å². The Labute approximate surface area is 113 Å². The second-order valence-electron chi connectivity index (χ2n) is 4.46. The normalized spacial score (nSPS) is 10.9. The van der Waals surface area contributed by atoms with E-state index >= 15 is 0 Å². The Hall–Kier alpha value is -2.69. The molecule has 2 aromatic carbocycles. The number of fused-ring (bicyclic) bond motifs is 1. The number of hydrogen-bond acceptors (Lipinski definition) is 2. The first-order chi connectivity index (χ1) is 9.56. The van der Waals surface area contributed by atoms with Crippen LogP contribution in [0, 0.1) is 11.6 Å². The molecule has 0 aliphatic rings. The van der Waals surface area contributed by atoms with Gasteiger partial charge in [-0.25, -0.2) is 8.78 Å². The molecule has 3 aromatic rings. The third-order valence-corrected chi connectivity index (χ3v) is 3.13. The summed E-state index contributed by atoms with van der Waals surface area (Å²) < 4.78 is 26.9. The second kappa shape index (κ2) is 4.45. The van der Waals surface area contributed by atoms with Gasteiger partial charge in [0.2, 0.25) is 0 Å². The topological polar surface area (TPSA) is 58.9 Å². The van der Waals surface area contributed by atoms with Crippen LogP contribution in [0.5, 0.6) is 0 Å². The van der Waals surface area contributed by atoms with Crippen molar-refractivity contribution in [3.8, 4) is 0 Å². The zero-order valence-electron chi connectivity index (χ0n) is 10.3. The van der Waals surface area contributed by atoms with Crippen LogP contribution in [-0.2, 0) is 0 Å². The van der Waals surface area contributed by atoms with Gasteiger partial charge in [-0.2, -0.15) is 0 Å². The first-order valence-corrected chi connectivity index (χ1v) is 5.92. The van der Waals surface area contributed by atoms with Gasteiger partial charge in [0.25, 0.3) is 0 Å². The van der Waals surface area contributed by atoms with Crippen LogP contribution in [-0.4, -0.2) is 10.8 Å². The van der Waals surface area contributed by atoms with E-state index in [1.54, 1.807) is 0 Å². The van der Waals surface area contributed by atoms with Crippen molar-refractivity contribution >= 4 is 22.4 Å². The second-order valence-corrected chi connectivity index (χ2v) is 4.46. The Morgan fingerprint density at radius 1 is 1.05 bits per heavy atom. The van der Waals surface area contributed by atoms with E-state index < -0.39 is 17.4 Å². The van der Waals surface area contributed by atoms with E-state index in [4.69, 9.17) is 5.73 Å². The van der Waals surface area contributed by atoms with E-state index in [9.17, 15) is 13.6 Å². The van der Waals surface area contributed by atoms with E-state index in [0.29, 0.717) is 16.5 Å². The number of aromatic amines is 1. The highest BCUT2D eigenvalue weighted by Crippen LogP contribution is 2.23. The molecule has 1 aromatic heterocycles.